The topological polar surface area (TPSA) is 94.0 Å². The molecule has 2 aromatic carbocycles. The second kappa shape index (κ2) is 11.9. The van der Waals surface area contributed by atoms with Crippen LogP contribution in [0.3, 0.4) is 0 Å². The van der Waals surface area contributed by atoms with Crippen molar-refractivity contribution < 1.29 is 28.2 Å². The molecule has 0 saturated carbocycles. The summed E-state index contributed by atoms with van der Waals surface area (Å²) in [6.45, 7) is 11.5. The van der Waals surface area contributed by atoms with E-state index in [1.807, 2.05) is 38.3 Å². The number of piperidine rings is 1. The first-order valence-electron chi connectivity index (χ1n) is 15.9. The summed E-state index contributed by atoms with van der Waals surface area (Å²) < 4.78 is 28.6. The Morgan fingerprint density at radius 1 is 1.09 bits per heavy atom. The number of ether oxygens (including phenoxy) is 2. The van der Waals surface area contributed by atoms with Gasteiger partial charge in [0.05, 0.1) is 25.2 Å². The molecule has 3 aromatic rings. The molecule has 4 heterocycles. The lowest BCUT2D eigenvalue weighted by atomic mass is 9.86. The highest BCUT2D eigenvalue weighted by Gasteiger charge is 2.42. The van der Waals surface area contributed by atoms with E-state index in [4.69, 9.17) is 9.47 Å². The zero-order chi connectivity index (χ0) is 32.0. The van der Waals surface area contributed by atoms with Crippen molar-refractivity contribution in [3.63, 3.8) is 0 Å². The fraction of sp³-hybridized carbons (Fsp3) is 0.486. The highest BCUT2D eigenvalue weighted by molar-refractivity contribution is 6.02. The van der Waals surface area contributed by atoms with Gasteiger partial charge >= 0.3 is 12.1 Å². The Labute approximate surface area is 263 Å². The normalized spacial score (nSPS) is 17.3. The third kappa shape index (κ3) is 5.94. The molecular formula is C35H41FN4O5. The molecule has 3 aliphatic rings. The predicted molar refractivity (Wildman–Crippen MR) is 166 cm³/mol. The molecule has 10 heteroatoms. The molecule has 1 fully saturated rings. The number of amides is 2. The number of likely N-dealkylation sites (tertiary alicyclic amines) is 1. The van der Waals surface area contributed by atoms with Crippen LogP contribution >= 0.6 is 0 Å². The standard InChI is InChI=1S/C35H41FN4O5/c1-6-44-33(42)31(30-29-8-7-13-39(29)20-37-30)40-19-27-26(32(40)41)17-24(18-28(27)36)25-10-9-23(16-21(25)2)22-11-14-38(15-12-22)34(43)45-35(3,4)5/h9-10,16-18,20,22,31H,6-8,11-15,19H2,1-5H3. The van der Waals surface area contributed by atoms with Gasteiger partial charge in [-0.05, 0) is 101 Å². The molecule has 0 N–H and O–H groups in total. The number of fused-ring (bicyclic) bond motifs is 2. The van der Waals surface area contributed by atoms with Gasteiger partial charge in [0.1, 0.15) is 11.4 Å². The number of benzene rings is 2. The fourth-order valence-electron chi connectivity index (χ4n) is 6.88. The number of carbonyl (C=O) groups excluding carboxylic acids is 3. The first-order valence-corrected chi connectivity index (χ1v) is 15.9. The number of nitrogens with zero attached hydrogens (tertiary/aromatic N) is 4. The van der Waals surface area contributed by atoms with E-state index in [0.29, 0.717) is 30.3 Å². The van der Waals surface area contributed by atoms with Gasteiger partial charge in [0.15, 0.2) is 6.04 Å². The van der Waals surface area contributed by atoms with Crippen LogP contribution in [0.1, 0.15) is 97.4 Å². The van der Waals surface area contributed by atoms with Gasteiger partial charge in [-0.15, -0.1) is 0 Å². The highest BCUT2D eigenvalue weighted by atomic mass is 19.1. The van der Waals surface area contributed by atoms with E-state index in [9.17, 15) is 14.4 Å². The first kappa shape index (κ1) is 30.8. The summed E-state index contributed by atoms with van der Waals surface area (Å²) in [6.07, 6.45) is 4.79. The maximum Gasteiger partial charge on any atom is 0.410 e. The highest BCUT2D eigenvalue weighted by Crippen LogP contribution is 2.39. The van der Waals surface area contributed by atoms with Crippen molar-refractivity contribution in [2.45, 2.75) is 91.0 Å². The smallest absolute Gasteiger partial charge is 0.410 e. The molecule has 3 aliphatic heterocycles. The number of halogens is 1. The summed E-state index contributed by atoms with van der Waals surface area (Å²) in [4.78, 5) is 47.2. The maximum atomic E-state index is 15.7. The third-order valence-corrected chi connectivity index (χ3v) is 9.07. The Morgan fingerprint density at radius 2 is 1.84 bits per heavy atom. The number of hydrogen-bond donors (Lipinski definition) is 0. The number of imidazole rings is 1. The summed E-state index contributed by atoms with van der Waals surface area (Å²) in [5.74, 6) is -1.15. The first-order chi connectivity index (χ1) is 21.4. The Balaban J connectivity index is 1.22. The van der Waals surface area contributed by atoms with Crippen molar-refractivity contribution in [3.8, 4) is 11.1 Å². The van der Waals surface area contributed by atoms with Crippen LogP contribution in [0.5, 0.6) is 0 Å². The lowest BCUT2D eigenvalue weighted by Gasteiger charge is -2.33. The molecule has 0 aliphatic carbocycles. The van der Waals surface area contributed by atoms with Crippen molar-refractivity contribution in [3.05, 3.63) is 76.1 Å². The lowest BCUT2D eigenvalue weighted by Crippen LogP contribution is -2.41. The fourth-order valence-corrected chi connectivity index (χ4v) is 6.88. The largest absolute Gasteiger partial charge is 0.464 e. The monoisotopic (exact) mass is 616 g/mol. The molecular weight excluding hydrogens is 575 g/mol. The Hall–Kier alpha value is -4.21. The second-order valence-electron chi connectivity index (χ2n) is 13.3. The van der Waals surface area contributed by atoms with Gasteiger partial charge in [0.25, 0.3) is 5.91 Å². The van der Waals surface area contributed by atoms with Crippen molar-refractivity contribution in [1.29, 1.82) is 0 Å². The van der Waals surface area contributed by atoms with E-state index in [-0.39, 0.29) is 30.4 Å². The van der Waals surface area contributed by atoms with Crippen molar-refractivity contribution in [2.75, 3.05) is 19.7 Å². The van der Waals surface area contributed by atoms with E-state index >= 15 is 4.39 Å². The zero-order valence-corrected chi connectivity index (χ0v) is 26.7. The van der Waals surface area contributed by atoms with Gasteiger partial charge in [-0.25, -0.2) is 19.0 Å². The van der Waals surface area contributed by atoms with Crippen LogP contribution in [0.2, 0.25) is 0 Å². The van der Waals surface area contributed by atoms with Crippen LogP contribution in [0.4, 0.5) is 9.18 Å². The number of hydrogen-bond acceptors (Lipinski definition) is 6. The summed E-state index contributed by atoms with van der Waals surface area (Å²) in [5.41, 5.74) is 5.04. The number of esters is 1. The average molecular weight is 617 g/mol. The molecule has 1 aromatic heterocycles. The molecule has 1 saturated heterocycles. The molecule has 238 valence electrons. The number of aryl methyl sites for hydroxylation is 2. The minimum Gasteiger partial charge on any atom is -0.464 e. The van der Waals surface area contributed by atoms with Crippen LogP contribution in [0.15, 0.2) is 36.7 Å². The van der Waals surface area contributed by atoms with Crippen LogP contribution in [-0.2, 0) is 33.8 Å². The molecule has 1 atom stereocenters. The molecule has 1 unspecified atom stereocenters. The van der Waals surface area contributed by atoms with Crippen LogP contribution in [-0.4, -0.2) is 62.6 Å². The van der Waals surface area contributed by atoms with E-state index in [0.717, 1.165) is 49.0 Å². The Bertz CT molecular complexity index is 1650. The Kier molecular flexibility index (Phi) is 8.18. The molecule has 0 radical (unpaired) electrons. The predicted octanol–water partition coefficient (Wildman–Crippen LogP) is 6.32. The number of carbonyl (C=O) groups is 3. The van der Waals surface area contributed by atoms with Crippen LogP contribution < -0.4 is 0 Å². The van der Waals surface area contributed by atoms with E-state index in [1.165, 1.54) is 16.5 Å². The summed E-state index contributed by atoms with van der Waals surface area (Å²) in [5, 5.41) is 0. The number of aromatic nitrogens is 2. The quantitative estimate of drug-likeness (QED) is 0.301. The van der Waals surface area contributed by atoms with Gasteiger partial charge in [-0.3, -0.25) is 4.79 Å². The SMILES string of the molecule is CCOC(=O)C(c1ncn2c1CCC2)N1Cc2c(F)cc(-c3ccc(C4CCN(C(=O)OC(C)(C)C)CC4)cc3C)cc2C1=O. The van der Waals surface area contributed by atoms with Crippen molar-refractivity contribution in [1.82, 2.24) is 19.4 Å². The summed E-state index contributed by atoms with van der Waals surface area (Å²) in [7, 11) is 0. The van der Waals surface area contributed by atoms with Gasteiger partial charge in [-0.1, -0.05) is 18.2 Å². The summed E-state index contributed by atoms with van der Waals surface area (Å²) >= 11 is 0. The molecule has 0 bridgehead atoms. The van der Waals surface area contributed by atoms with Gasteiger partial charge < -0.3 is 23.8 Å². The average Bonchev–Trinajstić information content (AvgIpc) is 3.69. The number of rotatable bonds is 6. The molecule has 2 amide bonds. The van der Waals surface area contributed by atoms with Crippen molar-refractivity contribution >= 4 is 18.0 Å². The zero-order valence-electron chi connectivity index (χ0n) is 26.7. The van der Waals surface area contributed by atoms with E-state index < -0.39 is 29.3 Å². The molecule has 9 nitrogen and oxygen atoms in total. The van der Waals surface area contributed by atoms with E-state index in [1.54, 1.807) is 24.2 Å². The van der Waals surface area contributed by atoms with Gasteiger partial charge in [0.2, 0.25) is 0 Å². The molecule has 6 rings (SSSR count). The second-order valence-corrected chi connectivity index (χ2v) is 13.3. The maximum absolute atomic E-state index is 15.7. The van der Waals surface area contributed by atoms with Gasteiger partial charge in [0, 0.05) is 36.5 Å². The minimum atomic E-state index is -1.04. The summed E-state index contributed by atoms with van der Waals surface area (Å²) in [6, 6.07) is 8.35. The van der Waals surface area contributed by atoms with Crippen molar-refractivity contribution in [2.24, 2.45) is 0 Å². The van der Waals surface area contributed by atoms with Crippen LogP contribution in [0.25, 0.3) is 11.1 Å². The van der Waals surface area contributed by atoms with Crippen LogP contribution in [0, 0.1) is 12.7 Å². The third-order valence-electron chi connectivity index (χ3n) is 9.07. The molecule has 45 heavy (non-hydrogen) atoms. The molecule has 0 spiro atoms. The minimum absolute atomic E-state index is 0.0318. The van der Waals surface area contributed by atoms with Gasteiger partial charge in [-0.2, -0.15) is 0 Å². The Morgan fingerprint density at radius 3 is 2.53 bits per heavy atom. The van der Waals surface area contributed by atoms with E-state index in [2.05, 4.69) is 17.1 Å². The lowest BCUT2D eigenvalue weighted by molar-refractivity contribution is -0.149.